The van der Waals surface area contributed by atoms with Crippen LogP contribution >= 0.6 is 23.2 Å². The summed E-state index contributed by atoms with van der Waals surface area (Å²) in [6.45, 7) is 5.31. The van der Waals surface area contributed by atoms with E-state index in [9.17, 15) is 4.79 Å². The molecule has 1 fully saturated rings. The molecule has 140 valence electrons. The number of hydrogen-bond donors (Lipinski definition) is 0. The predicted octanol–water partition coefficient (Wildman–Crippen LogP) is 5.17. The van der Waals surface area contributed by atoms with Gasteiger partial charge in [-0.25, -0.2) is 4.98 Å². The highest BCUT2D eigenvalue weighted by Gasteiger charge is 2.29. The molecule has 6 heteroatoms. The Morgan fingerprint density at radius 2 is 2.00 bits per heavy atom. The minimum atomic E-state index is 0.151. The standard InChI is InChI=1S/C20H25Cl2N3O/c1-14(2)25(20(26)16-5-3-4-6-16)13-19-23-9-10-24(19)12-15-7-8-17(21)18(22)11-15/h7-11,14,16H,3-6,12-13H2,1-2H3. The SMILES string of the molecule is CC(C)N(Cc1nccn1Cc1ccc(Cl)c(Cl)c1)C(=O)C1CCCC1. The second-order valence-corrected chi connectivity index (χ2v) is 8.08. The van der Waals surface area contributed by atoms with Crippen molar-refractivity contribution in [2.45, 2.75) is 58.7 Å². The zero-order valence-corrected chi connectivity index (χ0v) is 16.8. The molecule has 1 aliphatic rings. The molecule has 26 heavy (non-hydrogen) atoms. The summed E-state index contributed by atoms with van der Waals surface area (Å²) in [5.41, 5.74) is 1.05. The summed E-state index contributed by atoms with van der Waals surface area (Å²) in [7, 11) is 0. The first-order chi connectivity index (χ1) is 12.5. The Balaban J connectivity index is 1.75. The van der Waals surface area contributed by atoms with E-state index in [1.807, 2.05) is 23.2 Å². The molecule has 4 nitrogen and oxygen atoms in total. The van der Waals surface area contributed by atoms with E-state index in [0.717, 1.165) is 37.1 Å². The van der Waals surface area contributed by atoms with Crippen molar-refractivity contribution in [3.05, 3.63) is 52.0 Å². The first kappa shape index (κ1) is 19.2. The first-order valence-electron chi connectivity index (χ1n) is 9.20. The highest BCUT2D eigenvalue weighted by molar-refractivity contribution is 6.42. The van der Waals surface area contributed by atoms with E-state index in [4.69, 9.17) is 23.2 Å². The van der Waals surface area contributed by atoms with Crippen LogP contribution in [0.1, 0.15) is 50.9 Å². The van der Waals surface area contributed by atoms with Crippen molar-refractivity contribution < 1.29 is 4.79 Å². The van der Waals surface area contributed by atoms with Crippen molar-refractivity contribution in [3.8, 4) is 0 Å². The van der Waals surface area contributed by atoms with Gasteiger partial charge in [0.1, 0.15) is 5.82 Å². The lowest BCUT2D eigenvalue weighted by molar-refractivity contribution is -0.137. The lowest BCUT2D eigenvalue weighted by Gasteiger charge is -2.29. The third-order valence-corrected chi connectivity index (χ3v) is 5.80. The second-order valence-electron chi connectivity index (χ2n) is 7.26. The molecule has 1 aromatic heterocycles. The summed E-state index contributed by atoms with van der Waals surface area (Å²) in [6.07, 6.45) is 8.07. The maximum atomic E-state index is 12.9. The molecule has 1 saturated carbocycles. The van der Waals surface area contributed by atoms with Gasteiger partial charge < -0.3 is 9.47 Å². The van der Waals surface area contributed by atoms with Crippen molar-refractivity contribution in [2.24, 2.45) is 5.92 Å². The number of nitrogens with zero attached hydrogens (tertiary/aromatic N) is 3. The Labute approximate surface area is 165 Å². The Kier molecular flexibility index (Phi) is 6.25. The molecule has 0 saturated heterocycles. The smallest absolute Gasteiger partial charge is 0.226 e. The van der Waals surface area contributed by atoms with E-state index in [2.05, 4.69) is 23.4 Å². The Morgan fingerprint density at radius 3 is 2.65 bits per heavy atom. The van der Waals surface area contributed by atoms with Crippen LogP contribution in [0.25, 0.3) is 0 Å². The van der Waals surface area contributed by atoms with E-state index >= 15 is 0 Å². The molecule has 0 radical (unpaired) electrons. The van der Waals surface area contributed by atoms with Crippen LogP contribution in [0.4, 0.5) is 0 Å². The number of benzene rings is 1. The summed E-state index contributed by atoms with van der Waals surface area (Å²) in [5.74, 6) is 1.33. The van der Waals surface area contributed by atoms with Crippen LogP contribution in [0.5, 0.6) is 0 Å². The molecule has 2 aromatic rings. The molecule has 0 unspecified atom stereocenters. The van der Waals surface area contributed by atoms with Crippen LogP contribution in [-0.2, 0) is 17.9 Å². The molecule has 0 spiro atoms. The Bertz CT molecular complexity index is 766. The van der Waals surface area contributed by atoms with Gasteiger partial charge in [-0.15, -0.1) is 0 Å². The first-order valence-corrected chi connectivity index (χ1v) is 9.95. The van der Waals surface area contributed by atoms with Gasteiger partial charge in [0.2, 0.25) is 5.91 Å². The maximum absolute atomic E-state index is 12.9. The fourth-order valence-corrected chi connectivity index (χ4v) is 3.87. The van der Waals surface area contributed by atoms with Crippen LogP contribution < -0.4 is 0 Å². The second kappa shape index (κ2) is 8.45. The third-order valence-electron chi connectivity index (χ3n) is 5.06. The number of hydrogen-bond acceptors (Lipinski definition) is 2. The predicted molar refractivity (Wildman–Crippen MR) is 105 cm³/mol. The van der Waals surface area contributed by atoms with E-state index in [1.165, 1.54) is 0 Å². The lowest BCUT2D eigenvalue weighted by Crippen LogP contribution is -2.40. The molecule has 1 aliphatic carbocycles. The Hall–Kier alpha value is -1.52. The van der Waals surface area contributed by atoms with Crippen LogP contribution in [0.15, 0.2) is 30.6 Å². The van der Waals surface area contributed by atoms with Gasteiger partial charge >= 0.3 is 0 Å². The molecule has 0 atom stereocenters. The minimum Gasteiger partial charge on any atom is -0.333 e. The van der Waals surface area contributed by atoms with Crippen LogP contribution in [0.2, 0.25) is 10.0 Å². The fourth-order valence-electron chi connectivity index (χ4n) is 3.54. The van der Waals surface area contributed by atoms with Crippen LogP contribution in [0, 0.1) is 5.92 Å². The molecule has 3 rings (SSSR count). The van der Waals surface area contributed by atoms with Crippen molar-refractivity contribution >= 4 is 29.1 Å². The molecular formula is C20H25Cl2N3O. The number of carbonyl (C=O) groups excluding carboxylic acids is 1. The number of halogens is 2. The van der Waals surface area contributed by atoms with E-state index in [-0.39, 0.29) is 17.9 Å². The van der Waals surface area contributed by atoms with Gasteiger partial charge in [-0.3, -0.25) is 4.79 Å². The van der Waals surface area contributed by atoms with E-state index in [1.54, 1.807) is 12.3 Å². The number of aromatic nitrogens is 2. The molecule has 1 aromatic carbocycles. The summed E-state index contributed by atoms with van der Waals surface area (Å²) in [4.78, 5) is 19.4. The average Bonchev–Trinajstić information content (AvgIpc) is 3.27. The minimum absolute atomic E-state index is 0.151. The van der Waals surface area contributed by atoms with Gasteiger partial charge in [0.05, 0.1) is 16.6 Å². The van der Waals surface area contributed by atoms with Gasteiger partial charge in [0.25, 0.3) is 0 Å². The molecule has 0 N–H and O–H groups in total. The number of carbonyl (C=O) groups is 1. The largest absolute Gasteiger partial charge is 0.333 e. The fraction of sp³-hybridized carbons (Fsp3) is 0.500. The number of rotatable bonds is 6. The monoisotopic (exact) mass is 393 g/mol. The lowest BCUT2D eigenvalue weighted by atomic mass is 10.1. The quantitative estimate of drug-likeness (QED) is 0.678. The molecule has 0 aliphatic heterocycles. The number of imidazole rings is 1. The zero-order valence-electron chi connectivity index (χ0n) is 15.3. The maximum Gasteiger partial charge on any atom is 0.226 e. The summed E-state index contributed by atoms with van der Waals surface area (Å²) in [5, 5.41) is 1.10. The van der Waals surface area contributed by atoms with Gasteiger partial charge in [0, 0.05) is 30.9 Å². The van der Waals surface area contributed by atoms with Crippen LogP contribution in [0.3, 0.4) is 0 Å². The van der Waals surface area contributed by atoms with Crippen molar-refractivity contribution in [3.63, 3.8) is 0 Å². The van der Waals surface area contributed by atoms with Crippen molar-refractivity contribution in [2.75, 3.05) is 0 Å². The normalized spacial score (nSPS) is 15.0. The van der Waals surface area contributed by atoms with Crippen LogP contribution in [-0.4, -0.2) is 26.4 Å². The number of amides is 1. The summed E-state index contributed by atoms with van der Waals surface area (Å²) < 4.78 is 2.07. The van der Waals surface area contributed by atoms with Gasteiger partial charge in [-0.05, 0) is 44.4 Å². The van der Waals surface area contributed by atoms with E-state index in [0.29, 0.717) is 23.1 Å². The third kappa shape index (κ3) is 4.41. The molecule has 0 bridgehead atoms. The van der Waals surface area contributed by atoms with Crippen molar-refractivity contribution in [1.29, 1.82) is 0 Å². The van der Waals surface area contributed by atoms with Crippen molar-refractivity contribution in [1.82, 2.24) is 14.5 Å². The summed E-state index contributed by atoms with van der Waals surface area (Å²) in [6, 6.07) is 5.79. The zero-order chi connectivity index (χ0) is 18.7. The molecule has 1 heterocycles. The van der Waals surface area contributed by atoms with Gasteiger partial charge in [-0.2, -0.15) is 0 Å². The molecule has 1 amide bonds. The molecular weight excluding hydrogens is 369 g/mol. The average molecular weight is 394 g/mol. The summed E-state index contributed by atoms with van der Waals surface area (Å²) >= 11 is 12.1. The van der Waals surface area contributed by atoms with Gasteiger partial charge in [-0.1, -0.05) is 42.1 Å². The van der Waals surface area contributed by atoms with E-state index < -0.39 is 0 Å². The Morgan fingerprint density at radius 1 is 1.27 bits per heavy atom. The van der Waals surface area contributed by atoms with Gasteiger partial charge in [0.15, 0.2) is 0 Å². The topological polar surface area (TPSA) is 38.1 Å². The highest BCUT2D eigenvalue weighted by atomic mass is 35.5. The highest BCUT2D eigenvalue weighted by Crippen LogP contribution is 2.28.